The normalized spacial score (nSPS) is 26.9. The van der Waals surface area contributed by atoms with Crippen LogP contribution in [0.4, 0.5) is 0 Å². The van der Waals surface area contributed by atoms with Gasteiger partial charge in [0.2, 0.25) is 0 Å². The van der Waals surface area contributed by atoms with E-state index in [4.69, 9.17) is 4.74 Å². The van der Waals surface area contributed by atoms with Crippen LogP contribution in [0.15, 0.2) is 36.4 Å². The highest BCUT2D eigenvalue weighted by atomic mass is 16.5. The molecule has 0 aliphatic heterocycles. The molecule has 0 saturated heterocycles. The maximum atomic E-state index is 5.63. The molecule has 1 aromatic rings. The molecule has 0 aromatic heterocycles. The van der Waals surface area contributed by atoms with Crippen molar-refractivity contribution >= 4 is 0 Å². The van der Waals surface area contributed by atoms with Crippen molar-refractivity contribution < 1.29 is 4.74 Å². The van der Waals surface area contributed by atoms with Gasteiger partial charge in [-0.1, -0.05) is 63.9 Å². The first-order chi connectivity index (χ1) is 14.8. The Bertz CT molecular complexity index is 673. The molecule has 0 bridgehead atoms. The smallest absolute Gasteiger partial charge is 0.119 e. The summed E-state index contributed by atoms with van der Waals surface area (Å²) in [6, 6.07) is 8.13. The van der Waals surface area contributed by atoms with Crippen LogP contribution in [0.25, 0.3) is 0 Å². The largest absolute Gasteiger partial charge is 0.494 e. The summed E-state index contributed by atoms with van der Waals surface area (Å²) >= 11 is 0. The van der Waals surface area contributed by atoms with E-state index in [1.165, 1.54) is 70.6 Å². The van der Waals surface area contributed by atoms with Crippen molar-refractivity contribution in [3.8, 4) is 17.6 Å². The predicted octanol–water partition coefficient (Wildman–Crippen LogP) is 8.19. The highest BCUT2D eigenvalue weighted by molar-refractivity contribution is 5.40. The van der Waals surface area contributed by atoms with Crippen molar-refractivity contribution in [2.45, 2.75) is 90.9 Å². The van der Waals surface area contributed by atoms with Crippen molar-refractivity contribution in [1.29, 1.82) is 0 Å². The molecule has 1 nitrogen and oxygen atoms in total. The second kappa shape index (κ2) is 12.9. The fourth-order valence-corrected chi connectivity index (χ4v) is 5.41. The van der Waals surface area contributed by atoms with Crippen molar-refractivity contribution in [3.63, 3.8) is 0 Å². The highest BCUT2D eigenvalue weighted by Gasteiger charge is 2.30. The summed E-state index contributed by atoms with van der Waals surface area (Å²) < 4.78 is 5.63. The average molecular weight is 407 g/mol. The average Bonchev–Trinajstić information content (AvgIpc) is 2.81. The molecule has 164 valence electrons. The van der Waals surface area contributed by atoms with Gasteiger partial charge in [-0.3, -0.25) is 0 Å². The van der Waals surface area contributed by atoms with Gasteiger partial charge in [0.25, 0.3) is 0 Å². The van der Waals surface area contributed by atoms with Gasteiger partial charge in [0.15, 0.2) is 0 Å². The van der Waals surface area contributed by atoms with Crippen LogP contribution < -0.4 is 4.74 Å². The minimum Gasteiger partial charge on any atom is -0.494 e. The second-order valence-electron chi connectivity index (χ2n) is 9.60. The van der Waals surface area contributed by atoms with Crippen LogP contribution in [-0.2, 0) is 0 Å². The monoisotopic (exact) mass is 406 g/mol. The standard InChI is InChI=1S/C29H42O/c1-3-5-8-24-11-17-27(18-12-24)28-19-13-25(14-20-28)9-6-7-10-26-15-21-29(22-16-26)30-23-4-2/h6,9,15-16,21-22,24-25,27-28H,3-5,8,11-14,17-20,23H2,1-2H3/b9-6+/t24-,25?,27-,28?. The number of benzene rings is 1. The summed E-state index contributed by atoms with van der Waals surface area (Å²) in [5.74, 6) is 11.2. The molecule has 0 unspecified atom stereocenters. The maximum absolute atomic E-state index is 5.63. The van der Waals surface area contributed by atoms with Gasteiger partial charge in [-0.05, 0) is 99.0 Å². The minimum absolute atomic E-state index is 0.737. The van der Waals surface area contributed by atoms with E-state index in [9.17, 15) is 0 Å². The van der Waals surface area contributed by atoms with E-state index in [1.807, 2.05) is 24.3 Å². The first kappa shape index (κ1) is 23.0. The Hall–Kier alpha value is -1.68. The Kier molecular flexibility index (Phi) is 9.88. The zero-order valence-electron chi connectivity index (χ0n) is 19.4. The van der Waals surface area contributed by atoms with Gasteiger partial charge in [0.05, 0.1) is 6.61 Å². The third-order valence-electron chi connectivity index (χ3n) is 7.34. The Labute approximate surface area is 185 Å². The third-order valence-corrected chi connectivity index (χ3v) is 7.34. The molecule has 2 aliphatic carbocycles. The molecule has 3 rings (SSSR count). The predicted molar refractivity (Wildman–Crippen MR) is 129 cm³/mol. The van der Waals surface area contributed by atoms with E-state index in [0.717, 1.165) is 48.0 Å². The van der Waals surface area contributed by atoms with E-state index in [0.29, 0.717) is 0 Å². The molecule has 2 fully saturated rings. The van der Waals surface area contributed by atoms with Gasteiger partial charge in [-0.15, -0.1) is 0 Å². The molecule has 0 N–H and O–H groups in total. The second-order valence-corrected chi connectivity index (χ2v) is 9.60. The van der Waals surface area contributed by atoms with E-state index >= 15 is 0 Å². The van der Waals surface area contributed by atoms with Crippen molar-refractivity contribution in [2.24, 2.45) is 23.7 Å². The van der Waals surface area contributed by atoms with Gasteiger partial charge < -0.3 is 4.74 Å². The zero-order chi connectivity index (χ0) is 21.0. The van der Waals surface area contributed by atoms with Gasteiger partial charge in [-0.2, -0.15) is 0 Å². The molecular formula is C29H42O. The lowest BCUT2D eigenvalue weighted by atomic mass is 9.68. The van der Waals surface area contributed by atoms with Crippen LogP contribution in [0, 0.1) is 35.5 Å². The van der Waals surface area contributed by atoms with Gasteiger partial charge in [-0.25, -0.2) is 0 Å². The number of unbranched alkanes of at least 4 members (excludes halogenated alkanes) is 1. The molecule has 1 aromatic carbocycles. The van der Waals surface area contributed by atoms with Crippen LogP contribution in [0.3, 0.4) is 0 Å². The molecule has 0 amide bonds. The quantitative estimate of drug-likeness (QED) is 0.395. The summed E-state index contributed by atoms with van der Waals surface area (Å²) in [5, 5.41) is 0. The Morgan fingerprint density at radius 3 is 2.17 bits per heavy atom. The topological polar surface area (TPSA) is 9.23 Å². The fourth-order valence-electron chi connectivity index (χ4n) is 5.41. The number of allylic oxidation sites excluding steroid dienone is 2. The Morgan fingerprint density at radius 2 is 1.53 bits per heavy atom. The number of hydrogen-bond acceptors (Lipinski definition) is 1. The first-order valence-electron chi connectivity index (χ1n) is 12.7. The van der Waals surface area contributed by atoms with Crippen molar-refractivity contribution in [2.75, 3.05) is 6.61 Å². The van der Waals surface area contributed by atoms with Gasteiger partial charge in [0.1, 0.15) is 5.75 Å². The van der Waals surface area contributed by atoms with Crippen LogP contribution in [0.1, 0.15) is 96.5 Å². The van der Waals surface area contributed by atoms with E-state index < -0.39 is 0 Å². The summed E-state index contributed by atoms with van der Waals surface area (Å²) in [4.78, 5) is 0. The van der Waals surface area contributed by atoms with Gasteiger partial charge >= 0.3 is 0 Å². The lowest BCUT2D eigenvalue weighted by molar-refractivity contribution is 0.152. The number of rotatable bonds is 8. The van der Waals surface area contributed by atoms with E-state index in [-0.39, 0.29) is 0 Å². The molecule has 30 heavy (non-hydrogen) atoms. The lowest BCUT2D eigenvalue weighted by Crippen LogP contribution is -2.25. The summed E-state index contributed by atoms with van der Waals surface area (Å²) in [6.45, 7) is 5.22. The van der Waals surface area contributed by atoms with E-state index in [1.54, 1.807) is 0 Å². The van der Waals surface area contributed by atoms with Crippen LogP contribution in [0.5, 0.6) is 5.75 Å². The SMILES string of the molecule is CCCC[C@H]1CC[C@H](C2CCC(/C=C/C#Cc3ccc(OCCC)cc3)CC2)CC1. The number of hydrogen-bond donors (Lipinski definition) is 0. The molecule has 2 aliphatic rings. The summed E-state index contributed by atoms with van der Waals surface area (Å²) in [6.07, 6.45) is 21.4. The van der Waals surface area contributed by atoms with E-state index in [2.05, 4.69) is 37.8 Å². The zero-order valence-corrected chi connectivity index (χ0v) is 19.4. The van der Waals surface area contributed by atoms with Crippen molar-refractivity contribution in [1.82, 2.24) is 0 Å². The Morgan fingerprint density at radius 1 is 0.867 bits per heavy atom. The fraction of sp³-hybridized carbons (Fsp3) is 0.655. The molecule has 0 heterocycles. The third kappa shape index (κ3) is 7.54. The molecular weight excluding hydrogens is 364 g/mol. The molecule has 0 radical (unpaired) electrons. The molecule has 0 spiro atoms. The van der Waals surface area contributed by atoms with Crippen LogP contribution in [0.2, 0.25) is 0 Å². The Balaban J connectivity index is 1.36. The minimum atomic E-state index is 0.737. The molecule has 0 atom stereocenters. The molecule has 1 heteroatoms. The molecule has 2 saturated carbocycles. The first-order valence-corrected chi connectivity index (χ1v) is 12.7. The summed E-state index contributed by atoms with van der Waals surface area (Å²) in [7, 11) is 0. The van der Waals surface area contributed by atoms with Gasteiger partial charge in [0, 0.05) is 5.56 Å². The van der Waals surface area contributed by atoms with Crippen LogP contribution in [-0.4, -0.2) is 6.61 Å². The van der Waals surface area contributed by atoms with Crippen LogP contribution >= 0.6 is 0 Å². The van der Waals surface area contributed by atoms with Crippen molar-refractivity contribution in [3.05, 3.63) is 42.0 Å². The highest BCUT2D eigenvalue weighted by Crippen LogP contribution is 2.42. The number of ether oxygens (including phenoxy) is 1. The maximum Gasteiger partial charge on any atom is 0.119 e. The summed E-state index contributed by atoms with van der Waals surface area (Å²) in [5.41, 5.74) is 1.06. The lowest BCUT2D eigenvalue weighted by Gasteiger charge is -2.37.